The van der Waals surface area contributed by atoms with E-state index < -0.39 is 5.95 Å². The van der Waals surface area contributed by atoms with Crippen LogP contribution in [0.4, 0.5) is 4.39 Å². The molecule has 60 valence electrons. The van der Waals surface area contributed by atoms with Gasteiger partial charge in [0.15, 0.2) is 0 Å². The third kappa shape index (κ3) is 1.14. The fraction of sp³-hybridized carbons (Fsp3) is 0. The summed E-state index contributed by atoms with van der Waals surface area (Å²) in [7, 11) is 0. The van der Waals surface area contributed by atoms with Gasteiger partial charge in [-0.15, -0.1) is 0 Å². The van der Waals surface area contributed by atoms with Gasteiger partial charge >= 0.3 is 0 Å². The Morgan fingerprint density at radius 3 is 2.83 bits per heavy atom. The van der Waals surface area contributed by atoms with Crippen molar-refractivity contribution in [3.63, 3.8) is 0 Å². The summed E-state index contributed by atoms with van der Waals surface area (Å²) in [6.45, 7) is 0. The molecule has 0 fully saturated rings. The van der Waals surface area contributed by atoms with E-state index in [9.17, 15) is 4.39 Å². The van der Waals surface area contributed by atoms with Gasteiger partial charge in [0, 0.05) is 11.5 Å². The Kier molecular flexibility index (Phi) is 1.70. The number of rotatable bonds is 0. The van der Waals surface area contributed by atoms with Crippen LogP contribution in [0, 0.1) is 5.95 Å². The fourth-order valence-corrected chi connectivity index (χ4v) is 1.35. The van der Waals surface area contributed by atoms with Crippen molar-refractivity contribution in [1.82, 2.24) is 4.98 Å². The largest absolute Gasteiger partial charge is 0.220 e. The van der Waals surface area contributed by atoms with Crippen LogP contribution >= 0.6 is 11.6 Å². The van der Waals surface area contributed by atoms with Crippen molar-refractivity contribution >= 4 is 22.5 Å². The zero-order chi connectivity index (χ0) is 8.55. The number of fused-ring (bicyclic) bond motifs is 1. The van der Waals surface area contributed by atoms with Gasteiger partial charge < -0.3 is 0 Å². The molecule has 0 aliphatic heterocycles. The molecule has 0 unspecified atom stereocenters. The molecule has 0 spiro atoms. The van der Waals surface area contributed by atoms with Crippen molar-refractivity contribution in [3.8, 4) is 0 Å². The molecule has 1 nitrogen and oxygen atoms in total. The molecule has 0 atom stereocenters. The first-order valence-corrected chi connectivity index (χ1v) is 3.86. The number of para-hydroxylation sites is 1. The van der Waals surface area contributed by atoms with Crippen LogP contribution in [-0.2, 0) is 0 Å². The summed E-state index contributed by atoms with van der Waals surface area (Å²) < 4.78 is 12.7. The topological polar surface area (TPSA) is 12.9 Å². The normalized spacial score (nSPS) is 10.5. The van der Waals surface area contributed by atoms with Gasteiger partial charge in [0.2, 0.25) is 5.95 Å². The van der Waals surface area contributed by atoms with Gasteiger partial charge in [-0.1, -0.05) is 29.8 Å². The number of hydrogen-bond donors (Lipinski definition) is 0. The van der Waals surface area contributed by atoms with E-state index in [0.29, 0.717) is 10.5 Å². The lowest BCUT2D eigenvalue weighted by Crippen LogP contribution is -1.84. The lowest BCUT2D eigenvalue weighted by molar-refractivity contribution is 0.589. The van der Waals surface area contributed by atoms with E-state index in [0.717, 1.165) is 5.39 Å². The van der Waals surface area contributed by atoms with Gasteiger partial charge in [0.05, 0.1) is 10.5 Å². The molecule has 0 saturated heterocycles. The summed E-state index contributed by atoms with van der Waals surface area (Å²) in [5, 5.41) is 1.18. The molecule has 12 heavy (non-hydrogen) atoms. The SMILES string of the molecule is Fc1cc(Cl)c2ccccc2n1. The van der Waals surface area contributed by atoms with Gasteiger partial charge in [-0.05, 0) is 6.07 Å². The second kappa shape index (κ2) is 2.72. The zero-order valence-corrected chi connectivity index (χ0v) is 6.85. The van der Waals surface area contributed by atoms with Gasteiger partial charge in [-0.2, -0.15) is 4.39 Å². The molecule has 0 bridgehead atoms. The molecule has 1 heterocycles. The Balaban J connectivity index is 2.89. The quantitative estimate of drug-likeness (QED) is 0.570. The summed E-state index contributed by atoms with van der Waals surface area (Å²) >= 11 is 5.78. The second-order valence-corrected chi connectivity index (χ2v) is 2.85. The predicted molar refractivity (Wildman–Crippen MR) is 46.7 cm³/mol. The zero-order valence-electron chi connectivity index (χ0n) is 6.09. The average Bonchev–Trinajstić information content (AvgIpc) is 2.04. The van der Waals surface area contributed by atoms with Crippen molar-refractivity contribution in [3.05, 3.63) is 41.3 Å². The molecular formula is C9H5ClFN. The standard InChI is InChI=1S/C9H5ClFN/c10-7-5-9(11)12-8-4-2-1-3-6(7)8/h1-5H. The molecule has 1 aromatic heterocycles. The third-order valence-corrected chi connectivity index (χ3v) is 1.95. The maximum atomic E-state index is 12.7. The summed E-state index contributed by atoms with van der Waals surface area (Å²) in [5.41, 5.74) is 0.586. The minimum Gasteiger partial charge on any atom is -0.220 e. The Labute approximate surface area is 73.8 Å². The summed E-state index contributed by atoms with van der Waals surface area (Å²) in [6, 6.07) is 8.39. The Morgan fingerprint density at radius 1 is 1.25 bits per heavy atom. The lowest BCUT2D eigenvalue weighted by Gasteiger charge is -1.98. The Bertz CT molecular complexity index is 428. The fourth-order valence-electron chi connectivity index (χ4n) is 1.10. The maximum Gasteiger partial charge on any atom is 0.214 e. The molecule has 0 aliphatic carbocycles. The molecule has 1 aromatic carbocycles. The number of benzene rings is 1. The van der Waals surface area contributed by atoms with E-state index in [-0.39, 0.29) is 0 Å². The van der Waals surface area contributed by atoms with E-state index >= 15 is 0 Å². The number of nitrogens with zero attached hydrogens (tertiary/aromatic N) is 1. The summed E-state index contributed by atoms with van der Waals surface area (Å²) in [4.78, 5) is 3.69. The van der Waals surface area contributed by atoms with E-state index in [1.807, 2.05) is 12.1 Å². The molecule has 0 radical (unpaired) electrons. The van der Waals surface area contributed by atoms with E-state index in [1.54, 1.807) is 12.1 Å². The third-order valence-electron chi connectivity index (χ3n) is 1.63. The molecular weight excluding hydrogens is 177 g/mol. The molecule has 0 aliphatic rings. The van der Waals surface area contributed by atoms with Gasteiger partial charge in [-0.25, -0.2) is 4.98 Å². The highest BCUT2D eigenvalue weighted by Crippen LogP contribution is 2.21. The Hall–Kier alpha value is -1.15. The van der Waals surface area contributed by atoms with Crippen LogP contribution < -0.4 is 0 Å². The minimum atomic E-state index is -0.543. The van der Waals surface area contributed by atoms with Gasteiger partial charge in [-0.3, -0.25) is 0 Å². The Morgan fingerprint density at radius 2 is 2.00 bits per heavy atom. The summed E-state index contributed by atoms with van der Waals surface area (Å²) in [5.74, 6) is -0.543. The van der Waals surface area contributed by atoms with Crippen LogP contribution in [0.25, 0.3) is 10.9 Å². The first-order valence-electron chi connectivity index (χ1n) is 3.48. The maximum absolute atomic E-state index is 12.7. The van der Waals surface area contributed by atoms with Crippen molar-refractivity contribution < 1.29 is 4.39 Å². The molecule has 2 rings (SSSR count). The number of hydrogen-bond acceptors (Lipinski definition) is 1. The highest BCUT2D eigenvalue weighted by molar-refractivity contribution is 6.35. The van der Waals surface area contributed by atoms with Crippen LogP contribution in [0.15, 0.2) is 30.3 Å². The van der Waals surface area contributed by atoms with Crippen molar-refractivity contribution in [2.45, 2.75) is 0 Å². The molecule has 0 amide bonds. The van der Waals surface area contributed by atoms with Crippen molar-refractivity contribution in [1.29, 1.82) is 0 Å². The van der Waals surface area contributed by atoms with Crippen LogP contribution in [0.1, 0.15) is 0 Å². The van der Waals surface area contributed by atoms with Crippen molar-refractivity contribution in [2.24, 2.45) is 0 Å². The summed E-state index contributed by atoms with van der Waals surface area (Å²) in [6.07, 6.45) is 0. The van der Waals surface area contributed by atoms with E-state index in [1.165, 1.54) is 6.07 Å². The van der Waals surface area contributed by atoms with Gasteiger partial charge in [0.1, 0.15) is 0 Å². The molecule has 0 saturated carbocycles. The monoisotopic (exact) mass is 181 g/mol. The van der Waals surface area contributed by atoms with E-state index in [4.69, 9.17) is 11.6 Å². The minimum absolute atomic E-state index is 0.401. The number of aromatic nitrogens is 1. The molecule has 0 N–H and O–H groups in total. The molecule has 2 aromatic rings. The first kappa shape index (κ1) is 7.50. The number of pyridine rings is 1. The highest BCUT2D eigenvalue weighted by Gasteiger charge is 2.01. The smallest absolute Gasteiger partial charge is 0.214 e. The van der Waals surface area contributed by atoms with Crippen LogP contribution in [-0.4, -0.2) is 4.98 Å². The molecule has 3 heteroatoms. The van der Waals surface area contributed by atoms with Gasteiger partial charge in [0.25, 0.3) is 0 Å². The lowest BCUT2D eigenvalue weighted by atomic mass is 10.2. The first-order chi connectivity index (χ1) is 5.77. The number of halogens is 2. The van der Waals surface area contributed by atoms with Crippen LogP contribution in [0.2, 0.25) is 5.02 Å². The highest BCUT2D eigenvalue weighted by atomic mass is 35.5. The van der Waals surface area contributed by atoms with Crippen LogP contribution in [0.5, 0.6) is 0 Å². The second-order valence-electron chi connectivity index (χ2n) is 2.44. The average molecular weight is 182 g/mol. The van der Waals surface area contributed by atoms with Crippen LogP contribution in [0.3, 0.4) is 0 Å². The van der Waals surface area contributed by atoms with Crippen molar-refractivity contribution in [2.75, 3.05) is 0 Å². The predicted octanol–water partition coefficient (Wildman–Crippen LogP) is 3.03. The van der Waals surface area contributed by atoms with E-state index in [2.05, 4.69) is 4.98 Å².